The number of fused-ring (bicyclic) bond motifs is 3. The number of likely N-dealkylation sites (tertiary alicyclic amines) is 1. The number of methoxy groups -OCH3 is 1. The minimum atomic E-state index is -0.757. The number of amides is 2. The third kappa shape index (κ3) is 4.02. The summed E-state index contributed by atoms with van der Waals surface area (Å²) < 4.78 is 5.47. The van der Waals surface area contributed by atoms with Crippen molar-refractivity contribution in [2.24, 2.45) is 17.8 Å². The van der Waals surface area contributed by atoms with E-state index in [0.29, 0.717) is 29.6 Å². The number of nitrogens with zero attached hydrogens (tertiary/aromatic N) is 1. The van der Waals surface area contributed by atoms with Gasteiger partial charge in [0.1, 0.15) is 5.75 Å². The van der Waals surface area contributed by atoms with Crippen LogP contribution in [0.15, 0.2) is 75.8 Å². The molecule has 4 aliphatic rings. The van der Waals surface area contributed by atoms with Crippen LogP contribution in [0.4, 0.5) is 0 Å². The van der Waals surface area contributed by atoms with Crippen molar-refractivity contribution in [2.75, 3.05) is 13.7 Å². The summed E-state index contributed by atoms with van der Waals surface area (Å²) in [4.78, 5) is 55.3. The summed E-state index contributed by atoms with van der Waals surface area (Å²) in [7, 11) is 1.43. The molecule has 1 aliphatic heterocycles. The first-order valence-electron chi connectivity index (χ1n) is 13.1. The molecule has 6 rings (SSSR count). The molecule has 204 valence electrons. The van der Waals surface area contributed by atoms with E-state index in [2.05, 4.69) is 15.9 Å². The highest BCUT2D eigenvalue weighted by Gasteiger charge is 2.56. The topological polar surface area (TPSA) is 121 Å². The summed E-state index contributed by atoms with van der Waals surface area (Å²) in [5.41, 5.74) is 2.65. The second-order valence-electron chi connectivity index (χ2n) is 10.5. The molecule has 0 saturated carbocycles. The van der Waals surface area contributed by atoms with Gasteiger partial charge in [-0.2, -0.15) is 0 Å². The Labute approximate surface area is 238 Å². The molecule has 1 heterocycles. The lowest BCUT2D eigenvalue weighted by atomic mass is 9.59. The molecule has 0 radical (unpaired) electrons. The first kappa shape index (κ1) is 26.3. The van der Waals surface area contributed by atoms with Crippen LogP contribution in [0, 0.1) is 17.8 Å². The fourth-order valence-electron chi connectivity index (χ4n) is 6.69. The van der Waals surface area contributed by atoms with E-state index in [9.17, 15) is 29.4 Å². The predicted octanol–water partition coefficient (Wildman–Crippen LogP) is 4.11. The van der Waals surface area contributed by atoms with Gasteiger partial charge < -0.3 is 14.9 Å². The fraction of sp³-hybridized carbons (Fsp3) is 0.290. The minimum absolute atomic E-state index is 0.135. The summed E-state index contributed by atoms with van der Waals surface area (Å²) >= 11 is 3.22. The molecule has 2 N–H and O–H groups in total. The number of hydrogen-bond acceptors (Lipinski definition) is 7. The van der Waals surface area contributed by atoms with Crippen LogP contribution < -0.4 is 4.74 Å². The number of halogens is 1. The highest BCUT2D eigenvalue weighted by Crippen LogP contribution is 2.56. The molecule has 2 aromatic carbocycles. The monoisotopic (exact) mass is 603 g/mol. The maximum Gasteiger partial charge on any atom is 0.233 e. The number of Topliss-reactive ketones (excluding diaryl/α,β-unsaturated/α-hetero) is 1. The van der Waals surface area contributed by atoms with Gasteiger partial charge in [0.25, 0.3) is 0 Å². The van der Waals surface area contributed by atoms with Gasteiger partial charge in [-0.1, -0.05) is 35.9 Å². The van der Waals surface area contributed by atoms with Crippen molar-refractivity contribution in [1.29, 1.82) is 0 Å². The number of aromatic hydroxyl groups is 2. The summed E-state index contributed by atoms with van der Waals surface area (Å²) in [6.45, 7) is 0.206. The van der Waals surface area contributed by atoms with Crippen LogP contribution in [0.3, 0.4) is 0 Å². The number of phenolic OH excluding ortho intramolecular Hbond substituents is 2. The van der Waals surface area contributed by atoms with Gasteiger partial charge in [-0.15, -0.1) is 0 Å². The Hall–Kier alpha value is -3.98. The number of carbonyl (C=O) groups is 4. The minimum Gasteiger partial charge on any atom is -0.508 e. The van der Waals surface area contributed by atoms with Gasteiger partial charge in [0.05, 0.1) is 23.4 Å². The molecule has 0 aromatic heterocycles. The fourth-order valence-corrected chi connectivity index (χ4v) is 7.14. The number of imide groups is 1. The highest BCUT2D eigenvalue weighted by atomic mass is 79.9. The number of benzene rings is 2. The zero-order valence-corrected chi connectivity index (χ0v) is 23.2. The first-order valence-corrected chi connectivity index (χ1v) is 13.9. The molecule has 2 amide bonds. The van der Waals surface area contributed by atoms with Crippen molar-refractivity contribution in [3.8, 4) is 17.2 Å². The number of allylic oxidation sites excluding steroid dienone is 6. The SMILES string of the molecule is COc1cccc([C@H]2C3=CC[C@@H]4C(=O)N(CCc5ccc(O)cc5)C(=O)[C@@H]4[C@@H]3CC3=C2C(=O)C=C(Br)C3=O)c1O. The molecule has 1 saturated heterocycles. The Morgan fingerprint density at radius 1 is 1.00 bits per heavy atom. The smallest absolute Gasteiger partial charge is 0.233 e. The standard InChI is InChI=1S/C31H26BrNO7/c1-40-24-4-2-3-18(29(24)37)25-17-9-10-19-26(20(17)13-21-27(25)23(35)14-22(32)28(21)36)31(39)33(30(19)38)12-11-15-5-7-16(34)8-6-15/h2-9,14,19-20,25-26,34,37H,10-13H2,1H3/t19-,20+,25+,26-/m0/s1. The van der Waals surface area contributed by atoms with Crippen molar-refractivity contribution >= 4 is 39.3 Å². The lowest BCUT2D eigenvalue weighted by Crippen LogP contribution is -2.39. The number of para-hydroxylation sites is 1. The molecule has 4 atom stereocenters. The third-order valence-corrected chi connectivity index (χ3v) is 9.13. The molecule has 9 heteroatoms. The van der Waals surface area contributed by atoms with Gasteiger partial charge in [-0.3, -0.25) is 24.1 Å². The van der Waals surface area contributed by atoms with Gasteiger partial charge >= 0.3 is 0 Å². The van der Waals surface area contributed by atoms with E-state index in [1.54, 1.807) is 42.5 Å². The predicted molar refractivity (Wildman–Crippen MR) is 148 cm³/mol. The second kappa shape index (κ2) is 9.89. The zero-order valence-electron chi connectivity index (χ0n) is 21.6. The van der Waals surface area contributed by atoms with Crippen LogP contribution in [-0.4, -0.2) is 52.1 Å². The number of rotatable bonds is 5. The van der Waals surface area contributed by atoms with E-state index < -0.39 is 23.7 Å². The maximum absolute atomic E-state index is 13.8. The molecule has 0 bridgehead atoms. The quantitative estimate of drug-likeness (QED) is 0.300. The molecule has 1 fully saturated rings. The first-order chi connectivity index (χ1) is 19.2. The van der Waals surface area contributed by atoms with E-state index >= 15 is 0 Å². The summed E-state index contributed by atoms with van der Waals surface area (Å²) in [6.07, 6.45) is 4.10. The van der Waals surface area contributed by atoms with Crippen molar-refractivity contribution in [3.63, 3.8) is 0 Å². The molecule has 0 unspecified atom stereocenters. The highest BCUT2D eigenvalue weighted by molar-refractivity contribution is 9.12. The van der Waals surface area contributed by atoms with Crippen molar-refractivity contribution < 1.29 is 34.1 Å². The molecule has 2 aromatic rings. The summed E-state index contributed by atoms with van der Waals surface area (Å²) in [5, 5.41) is 20.7. The average molecular weight is 604 g/mol. The molecule has 40 heavy (non-hydrogen) atoms. The number of hydrogen-bond donors (Lipinski definition) is 2. The average Bonchev–Trinajstić information content (AvgIpc) is 3.19. The number of carbonyl (C=O) groups excluding carboxylic acids is 4. The van der Waals surface area contributed by atoms with E-state index in [1.165, 1.54) is 18.1 Å². The van der Waals surface area contributed by atoms with Crippen LogP contribution in [0.1, 0.15) is 29.9 Å². The van der Waals surface area contributed by atoms with Crippen LogP contribution in [0.2, 0.25) is 0 Å². The lowest BCUT2D eigenvalue weighted by molar-refractivity contribution is -0.140. The Balaban J connectivity index is 1.40. The van der Waals surface area contributed by atoms with E-state index in [1.807, 2.05) is 6.08 Å². The number of ether oxygens (including phenoxy) is 1. The Morgan fingerprint density at radius 2 is 1.75 bits per heavy atom. The van der Waals surface area contributed by atoms with Gasteiger partial charge in [-0.25, -0.2) is 0 Å². The number of ketones is 2. The van der Waals surface area contributed by atoms with Crippen LogP contribution in [-0.2, 0) is 25.6 Å². The zero-order chi connectivity index (χ0) is 28.3. The van der Waals surface area contributed by atoms with Gasteiger partial charge in [0.2, 0.25) is 11.8 Å². The number of phenols is 2. The Bertz CT molecular complexity index is 1570. The summed E-state index contributed by atoms with van der Waals surface area (Å²) in [6, 6.07) is 11.6. The second-order valence-corrected chi connectivity index (χ2v) is 11.4. The third-order valence-electron chi connectivity index (χ3n) is 8.54. The lowest BCUT2D eigenvalue weighted by Gasteiger charge is -2.42. The summed E-state index contributed by atoms with van der Waals surface area (Å²) in [5.74, 6) is -3.43. The normalized spacial score (nSPS) is 25.8. The van der Waals surface area contributed by atoms with E-state index in [0.717, 1.165) is 11.1 Å². The van der Waals surface area contributed by atoms with E-state index in [4.69, 9.17) is 4.74 Å². The molecule has 3 aliphatic carbocycles. The molecule has 8 nitrogen and oxygen atoms in total. The van der Waals surface area contributed by atoms with Crippen LogP contribution >= 0.6 is 15.9 Å². The Kier molecular flexibility index (Phi) is 6.49. The molecular formula is C31H26BrNO7. The van der Waals surface area contributed by atoms with Gasteiger partial charge in [0, 0.05) is 35.2 Å². The van der Waals surface area contributed by atoms with E-state index in [-0.39, 0.29) is 58.1 Å². The van der Waals surface area contributed by atoms with Gasteiger partial charge in [0.15, 0.2) is 23.1 Å². The van der Waals surface area contributed by atoms with Crippen LogP contribution in [0.25, 0.3) is 0 Å². The van der Waals surface area contributed by atoms with Crippen molar-refractivity contribution in [3.05, 3.63) is 86.9 Å². The molecule has 0 spiro atoms. The van der Waals surface area contributed by atoms with Crippen LogP contribution in [0.5, 0.6) is 17.2 Å². The Morgan fingerprint density at radius 3 is 2.48 bits per heavy atom. The largest absolute Gasteiger partial charge is 0.508 e. The van der Waals surface area contributed by atoms with Crippen molar-refractivity contribution in [1.82, 2.24) is 4.90 Å². The molecular weight excluding hydrogens is 578 g/mol. The maximum atomic E-state index is 13.8. The van der Waals surface area contributed by atoms with Gasteiger partial charge in [-0.05, 0) is 64.9 Å². The van der Waals surface area contributed by atoms with Crippen molar-refractivity contribution in [2.45, 2.75) is 25.2 Å².